The van der Waals surface area contributed by atoms with Gasteiger partial charge in [0.05, 0.1) is 18.0 Å². The van der Waals surface area contributed by atoms with Gasteiger partial charge in [-0.3, -0.25) is 9.59 Å². The summed E-state index contributed by atoms with van der Waals surface area (Å²) in [5, 5.41) is 4.93. The summed E-state index contributed by atoms with van der Waals surface area (Å²) in [6.07, 6.45) is 0.0542. The third-order valence-electron chi connectivity index (χ3n) is 5.04. The number of hydrogen-bond acceptors (Lipinski definition) is 5. The van der Waals surface area contributed by atoms with E-state index in [4.69, 9.17) is 4.74 Å². The molecule has 0 saturated carbocycles. The average Bonchev–Trinajstić information content (AvgIpc) is 2.79. The molecule has 2 N–H and O–H groups in total. The van der Waals surface area contributed by atoms with E-state index in [0.717, 1.165) is 11.1 Å². The number of rotatable bonds is 7. The minimum absolute atomic E-state index is 0.142. The maximum absolute atomic E-state index is 13.0. The quantitative estimate of drug-likeness (QED) is 0.603. The van der Waals surface area contributed by atoms with Crippen LogP contribution in [-0.2, 0) is 30.8 Å². The van der Waals surface area contributed by atoms with E-state index in [1.807, 2.05) is 6.92 Å². The summed E-state index contributed by atoms with van der Waals surface area (Å²) < 4.78 is 45.7. The zero-order chi connectivity index (χ0) is 23.1. The summed E-state index contributed by atoms with van der Waals surface area (Å²) in [6.45, 7) is 2.51. The number of hydrogen-bond donors (Lipinski definition) is 2. The van der Waals surface area contributed by atoms with Gasteiger partial charge in [0.2, 0.25) is 10.0 Å². The zero-order valence-corrected chi connectivity index (χ0v) is 18.5. The summed E-state index contributed by atoms with van der Waals surface area (Å²) in [6, 6.07) is 12.3. The molecule has 8 nitrogen and oxygen atoms in total. The highest BCUT2D eigenvalue weighted by molar-refractivity contribution is 7.89. The summed E-state index contributed by atoms with van der Waals surface area (Å²) in [5.74, 6) is -2.07. The summed E-state index contributed by atoms with van der Waals surface area (Å²) in [5.41, 5.74) is 1.76. The van der Waals surface area contributed by atoms with Crippen LogP contribution in [-0.4, -0.2) is 57.0 Å². The van der Waals surface area contributed by atoms with Gasteiger partial charge < -0.3 is 15.4 Å². The first-order valence-electron chi connectivity index (χ1n) is 10.3. The van der Waals surface area contributed by atoms with Gasteiger partial charge in [0.15, 0.2) is 0 Å². The van der Waals surface area contributed by atoms with Crippen LogP contribution in [0.25, 0.3) is 0 Å². The molecule has 32 heavy (non-hydrogen) atoms. The second-order valence-corrected chi connectivity index (χ2v) is 9.34. The fourth-order valence-electron chi connectivity index (χ4n) is 3.26. The molecular formula is C22H26FN3O5S. The smallest absolute Gasteiger partial charge is 0.309 e. The van der Waals surface area contributed by atoms with Crippen molar-refractivity contribution in [1.29, 1.82) is 0 Å². The van der Waals surface area contributed by atoms with Crippen LogP contribution in [0.5, 0.6) is 0 Å². The maximum Gasteiger partial charge on any atom is 0.309 e. The molecule has 0 aromatic heterocycles. The third-order valence-corrected chi connectivity index (χ3v) is 6.94. The minimum Gasteiger partial charge on any atom is -0.360 e. The second-order valence-electron chi connectivity index (χ2n) is 7.45. The molecule has 0 spiro atoms. The molecule has 1 heterocycles. The second kappa shape index (κ2) is 10.7. The monoisotopic (exact) mass is 463 g/mol. The summed E-state index contributed by atoms with van der Waals surface area (Å²) in [4.78, 5) is 24.3. The molecule has 0 bridgehead atoms. The van der Waals surface area contributed by atoms with E-state index < -0.39 is 28.1 Å². The Balaban J connectivity index is 1.53. The van der Waals surface area contributed by atoms with Crippen molar-refractivity contribution in [1.82, 2.24) is 14.9 Å². The Kier molecular flexibility index (Phi) is 7.94. The number of ether oxygens (including phenoxy) is 1. The van der Waals surface area contributed by atoms with Crippen LogP contribution in [0, 0.1) is 12.7 Å². The molecule has 2 amide bonds. The SMILES string of the molecule is Cc1ccc(S(=O)(=O)N2CCCO[C@H]2CNC(=O)C(=O)NCCc2ccc(F)cc2)cc1. The Labute approximate surface area is 186 Å². The molecular weight excluding hydrogens is 437 g/mol. The largest absolute Gasteiger partial charge is 0.360 e. The topological polar surface area (TPSA) is 105 Å². The van der Waals surface area contributed by atoms with E-state index in [0.29, 0.717) is 19.4 Å². The van der Waals surface area contributed by atoms with E-state index in [2.05, 4.69) is 10.6 Å². The molecule has 1 aliphatic rings. The lowest BCUT2D eigenvalue weighted by Crippen LogP contribution is -2.53. The average molecular weight is 464 g/mol. The molecule has 1 saturated heterocycles. The Morgan fingerprint density at radius 2 is 1.72 bits per heavy atom. The van der Waals surface area contributed by atoms with Crippen molar-refractivity contribution in [3.05, 3.63) is 65.5 Å². The van der Waals surface area contributed by atoms with Crippen molar-refractivity contribution in [2.45, 2.75) is 30.9 Å². The van der Waals surface area contributed by atoms with Gasteiger partial charge in [-0.05, 0) is 49.6 Å². The molecule has 10 heteroatoms. The fourth-order valence-corrected chi connectivity index (χ4v) is 4.83. The van der Waals surface area contributed by atoms with Gasteiger partial charge in [-0.25, -0.2) is 12.8 Å². The van der Waals surface area contributed by atoms with Crippen molar-refractivity contribution in [3.63, 3.8) is 0 Å². The van der Waals surface area contributed by atoms with Gasteiger partial charge in [0.1, 0.15) is 12.0 Å². The number of benzene rings is 2. The summed E-state index contributed by atoms with van der Waals surface area (Å²) >= 11 is 0. The Morgan fingerprint density at radius 3 is 2.41 bits per heavy atom. The lowest BCUT2D eigenvalue weighted by atomic mass is 10.1. The van der Waals surface area contributed by atoms with Crippen LogP contribution in [0.15, 0.2) is 53.4 Å². The van der Waals surface area contributed by atoms with Gasteiger partial charge in [-0.1, -0.05) is 29.8 Å². The molecule has 0 radical (unpaired) electrons. The van der Waals surface area contributed by atoms with Crippen LogP contribution in [0.2, 0.25) is 0 Å². The highest BCUT2D eigenvalue weighted by atomic mass is 32.2. The van der Waals surface area contributed by atoms with Crippen molar-refractivity contribution in [2.75, 3.05) is 26.2 Å². The highest BCUT2D eigenvalue weighted by Gasteiger charge is 2.34. The van der Waals surface area contributed by atoms with Crippen LogP contribution < -0.4 is 10.6 Å². The maximum atomic E-state index is 13.0. The zero-order valence-electron chi connectivity index (χ0n) is 17.7. The first kappa shape index (κ1) is 23.8. The summed E-state index contributed by atoms with van der Waals surface area (Å²) in [7, 11) is -3.81. The van der Waals surface area contributed by atoms with Gasteiger partial charge in [-0.15, -0.1) is 0 Å². The number of carbonyl (C=O) groups is 2. The van der Waals surface area contributed by atoms with E-state index in [1.165, 1.54) is 28.6 Å². The molecule has 1 aliphatic heterocycles. The first-order valence-corrected chi connectivity index (χ1v) is 11.7. The number of carbonyl (C=O) groups excluding carboxylic acids is 2. The van der Waals surface area contributed by atoms with Crippen LogP contribution >= 0.6 is 0 Å². The number of aryl methyl sites for hydroxylation is 1. The molecule has 0 unspecified atom stereocenters. The number of halogens is 1. The van der Waals surface area contributed by atoms with Crippen LogP contribution in [0.4, 0.5) is 4.39 Å². The van der Waals surface area contributed by atoms with Crippen molar-refractivity contribution in [3.8, 4) is 0 Å². The lowest BCUT2D eigenvalue weighted by molar-refractivity contribution is -0.140. The Hall–Kier alpha value is -2.82. The number of nitrogens with zero attached hydrogens (tertiary/aromatic N) is 1. The third kappa shape index (κ3) is 6.12. The van der Waals surface area contributed by atoms with Gasteiger partial charge >= 0.3 is 11.8 Å². The van der Waals surface area contributed by atoms with E-state index >= 15 is 0 Å². The fraction of sp³-hybridized carbons (Fsp3) is 0.364. The van der Waals surface area contributed by atoms with Crippen LogP contribution in [0.1, 0.15) is 17.5 Å². The molecule has 1 atom stereocenters. The van der Waals surface area contributed by atoms with E-state index in [-0.39, 0.29) is 30.3 Å². The predicted molar refractivity (Wildman–Crippen MR) is 116 cm³/mol. The standard InChI is InChI=1S/C22H26FN3O5S/c1-16-3-9-19(10-4-16)32(29,30)26-13-2-14-31-20(26)15-25-22(28)21(27)24-12-11-17-5-7-18(23)8-6-17/h3-10,20H,2,11-15H2,1H3,(H,24,27)(H,25,28)/t20-/m0/s1. The van der Waals surface area contributed by atoms with E-state index in [9.17, 15) is 22.4 Å². The number of amides is 2. The van der Waals surface area contributed by atoms with Gasteiger partial charge in [0.25, 0.3) is 0 Å². The van der Waals surface area contributed by atoms with E-state index in [1.54, 1.807) is 24.3 Å². The Bertz CT molecular complexity index is 1040. The van der Waals surface area contributed by atoms with Gasteiger partial charge in [0, 0.05) is 13.1 Å². The molecule has 3 rings (SSSR count). The highest BCUT2D eigenvalue weighted by Crippen LogP contribution is 2.22. The lowest BCUT2D eigenvalue weighted by Gasteiger charge is -2.34. The van der Waals surface area contributed by atoms with Gasteiger partial charge in [-0.2, -0.15) is 4.31 Å². The first-order chi connectivity index (χ1) is 15.3. The van der Waals surface area contributed by atoms with Crippen molar-refractivity contribution < 1.29 is 27.1 Å². The molecule has 1 fully saturated rings. The van der Waals surface area contributed by atoms with Crippen molar-refractivity contribution in [2.24, 2.45) is 0 Å². The predicted octanol–water partition coefficient (Wildman–Crippen LogP) is 1.35. The number of sulfonamides is 1. The Morgan fingerprint density at radius 1 is 1.06 bits per heavy atom. The van der Waals surface area contributed by atoms with Crippen molar-refractivity contribution >= 4 is 21.8 Å². The molecule has 2 aromatic carbocycles. The molecule has 0 aliphatic carbocycles. The number of nitrogens with one attached hydrogen (secondary N) is 2. The normalized spacial score (nSPS) is 17.0. The van der Waals surface area contributed by atoms with Crippen LogP contribution in [0.3, 0.4) is 0 Å². The minimum atomic E-state index is -3.81. The molecule has 2 aromatic rings. The molecule has 172 valence electrons.